The SMILES string of the molecule is CCCN(CCC)CCNc1c(C)c(=S)c1=S. The van der Waals surface area contributed by atoms with Crippen molar-refractivity contribution in [3.05, 3.63) is 14.6 Å². The molecule has 96 valence electrons. The molecule has 1 aromatic carbocycles. The maximum Gasteiger partial charge on any atom is 0.0795 e. The van der Waals surface area contributed by atoms with Crippen LogP contribution in [0.2, 0.25) is 0 Å². The van der Waals surface area contributed by atoms with Gasteiger partial charge in [-0.1, -0.05) is 38.3 Å². The van der Waals surface area contributed by atoms with Crippen LogP contribution in [0, 0.1) is 15.9 Å². The van der Waals surface area contributed by atoms with Crippen LogP contribution in [-0.2, 0) is 0 Å². The Morgan fingerprint density at radius 2 is 1.59 bits per heavy atom. The fourth-order valence-electron chi connectivity index (χ4n) is 2.02. The van der Waals surface area contributed by atoms with Crippen molar-refractivity contribution in [2.24, 2.45) is 0 Å². The summed E-state index contributed by atoms with van der Waals surface area (Å²) in [4.78, 5) is 2.49. The van der Waals surface area contributed by atoms with Crippen LogP contribution in [0.1, 0.15) is 32.3 Å². The Balaban J connectivity index is 2.36. The van der Waals surface area contributed by atoms with Crippen molar-refractivity contribution in [3.8, 4) is 0 Å². The molecule has 2 nitrogen and oxygen atoms in total. The maximum atomic E-state index is 5.21. The summed E-state index contributed by atoms with van der Waals surface area (Å²) < 4.78 is 1.71. The summed E-state index contributed by atoms with van der Waals surface area (Å²) in [6, 6.07) is 0. The molecule has 4 heteroatoms. The van der Waals surface area contributed by atoms with E-state index < -0.39 is 0 Å². The molecule has 0 unspecified atom stereocenters. The minimum Gasteiger partial charge on any atom is -0.382 e. The molecule has 0 atom stereocenters. The van der Waals surface area contributed by atoms with Crippen molar-refractivity contribution in [2.45, 2.75) is 33.6 Å². The van der Waals surface area contributed by atoms with E-state index in [0.29, 0.717) is 0 Å². The van der Waals surface area contributed by atoms with Gasteiger partial charge < -0.3 is 10.2 Å². The number of hydrogen-bond acceptors (Lipinski definition) is 4. The van der Waals surface area contributed by atoms with E-state index in [4.69, 9.17) is 24.4 Å². The van der Waals surface area contributed by atoms with Gasteiger partial charge in [0.15, 0.2) is 0 Å². The lowest BCUT2D eigenvalue weighted by Gasteiger charge is -2.22. The smallest absolute Gasteiger partial charge is 0.0795 e. The molecule has 0 amide bonds. The van der Waals surface area contributed by atoms with Gasteiger partial charge in [0.2, 0.25) is 0 Å². The molecule has 0 saturated carbocycles. The Morgan fingerprint density at radius 1 is 1.00 bits per heavy atom. The van der Waals surface area contributed by atoms with Gasteiger partial charge in [-0.3, -0.25) is 0 Å². The third kappa shape index (κ3) is 3.83. The average molecular weight is 270 g/mol. The second-order valence-corrected chi connectivity index (χ2v) is 5.24. The van der Waals surface area contributed by atoms with E-state index in [1.807, 2.05) is 6.92 Å². The Morgan fingerprint density at radius 3 is 2.06 bits per heavy atom. The number of anilines is 1. The topological polar surface area (TPSA) is 15.3 Å². The summed E-state index contributed by atoms with van der Waals surface area (Å²) in [5, 5.41) is 3.41. The first-order chi connectivity index (χ1) is 8.11. The van der Waals surface area contributed by atoms with E-state index in [1.165, 1.54) is 25.9 Å². The molecule has 0 aliphatic carbocycles. The number of hydrogen-bond donors (Lipinski definition) is 1. The highest BCUT2D eigenvalue weighted by Crippen LogP contribution is 2.24. The quantitative estimate of drug-likeness (QED) is 0.721. The fourth-order valence-corrected chi connectivity index (χ4v) is 2.61. The van der Waals surface area contributed by atoms with Crippen LogP contribution in [0.5, 0.6) is 0 Å². The van der Waals surface area contributed by atoms with Crippen LogP contribution in [0.25, 0.3) is 0 Å². The Hall–Kier alpha value is -0.320. The zero-order valence-corrected chi connectivity index (χ0v) is 12.6. The van der Waals surface area contributed by atoms with E-state index in [9.17, 15) is 0 Å². The highest BCUT2D eigenvalue weighted by molar-refractivity contribution is 7.74. The Bertz CT molecular complexity index is 413. The molecule has 1 N–H and O–H groups in total. The second-order valence-electron chi connectivity index (χ2n) is 4.43. The molecule has 0 saturated heterocycles. The molecular formula is C13H22N2S2. The minimum absolute atomic E-state index is 0.843. The minimum atomic E-state index is 0.843. The van der Waals surface area contributed by atoms with Crippen LogP contribution < -0.4 is 5.32 Å². The molecule has 0 aliphatic rings. The second kappa shape index (κ2) is 7.19. The van der Waals surface area contributed by atoms with Crippen molar-refractivity contribution in [3.63, 3.8) is 0 Å². The lowest BCUT2D eigenvalue weighted by atomic mass is 10.1. The normalized spacial score (nSPS) is 11.3. The molecular weight excluding hydrogens is 248 g/mol. The Kier molecular flexibility index (Phi) is 6.23. The van der Waals surface area contributed by atoms with Gasteiger partial charge in [-0.15, -0.1) is 0 Å². The standard InChI is InChI=1S/C13H22N2S2/c1-4-7-15(8-5-2)9-6-14-11-10(3)12(16)13(11)17/h14H,4-9H2,1-3H3. The molecule has 0 fully saturated rings. The lowest BCUT2D eigenvalue weighted by Crippen LogP contribution is -2.30. The van der Waals surface area contributed by atoms with Gasteiger partial charge in [0.25, 0.3) is 0 Å². The summed E-state index contributed by atoms with van der Waals surface area (Å²) >= 11 is 10.4. The van der Waals surface area contributed by atoms with Gasteiger partial charge in [-0.2, -0.15) is 0 Å². The zero-order valence-electron chi connectivity index (χ0n) is 11.0. The number of nitrogens with one attached hydrogen (secondary N) is 1. The van der Waals surface area contributed by atoms with Crippen LogP contribution in [0.15, 0.2) is 0 Å². The van der Waals surface area contributed by atoms with Gasteiger partial charge in [-0.25, -0.2) is 0 Å². The highest BCUT2D eigenvalue weighted by Gasteiger charge is 2.09. The molecule has 0 aliphatic heterocycles. The summed E-state index contributed by atoms with van der Waals surface area (Å²) in [5.74, 6) is 0. The number of rotatable bonds is 8. The van der Waals surface area contributed by atoms with Crippen molar-refractivity contribution >= 4 is 30.1 Å². The molecule has 0 heterocycles. The van der Waals surface area contributed by atoms with Gasteiger partial charge in [-0.05, 0) is 38.4 Å². The molecule has 0 bridgehead atoms. The average Bonchev–Trinajstić information content (AvgIpc) is 2.33. The van der Waals surface area contributed by atoms with E-state index in [-0.39, 0.29) is 0 Å². The third-order valence-corrected chi connectivity index (χ3v) is 4.01. The summed E-state index contributed by atoms with van der Waals surface area (Å²) in [7, 11) is 0. The van der Waals surface area contributed by atoms with Crippen molar-refractivity contribution in [1.82, 2.24) is 4.90 Å². The highest BCUT2D eigenvalue weighted by atomic mass is 32.1. The molecule has 1 aromatic rings. The molecule has 1 rings (SSSR count). The number of nitrogens with zero attached hydrogens (tertiary/aromatic N) is 1. The first-order valence-corrected chi connectivity index (χ1v) is 7.19. The first kappa shape index (κ1) is 14.7. The van der Waals surface area contributed by atoms with E-state index in [0.717, 1.165) is 33.4 Å². The predicted octanol–water partition coefficient (Wildman–Crippen LogP) is 3.86. The zero-order chi connectivity index (χ0) is 12.8. The van der Waals surface area contributed by atoms with Gasteiger partial charge in [0, 0.05) is 13.1 Å². The van der Waals surface area contributed by atoms with Crippen molar-refractivity contribution in [1.29, 1.82) is 0 Å². The van der Waals surface area contributed by atoms with Crippen molar-refractivity contribution < 1.29 is 0 Å². The molecule has 0 radical (unpaired) electrons. The molecule has 17 heavy (non-hydrogen) atoms. The Labute approximate surface area is 115 Å². The largest absolute Gasteiger partial charge is 0.382 e. The van der Waals surface area contributed by atoms with Crippen LogP contribution in [0.3, 0.4) is 0 Å². The predicted molar refractivity (Wildman–Crippen MR) is 80.7 cm³/mol. The molecule has 0 spiro atoms. The summed E-state index contributed by atoms with van der Waals surface area (Å²) in [5.41, 5.74) is 2.25. The summed E-state index contributed by atoms with van der Waals surface area (Å²) in [6.07, 6.45) is 2.43. The summed E-state index contributed by atoms with van der Waals surface area (Å²) in [6.45, 7) is 10.9. The monoisotopic (exact) mass is 270 g/mol. The van der Waals surface area contributed by atoms with Crippen molar-refractivity contribution in [2.75, 3.05) is 31.5 Å². The maximum absolute atomic E-state index is 5.21. The molecule has 0 aromatic heterocycles. The third-order valence-electron chi connectivity index (χ3n) is 2.96. The first-order valence-electron chi connectivity index (χ1n) is 6.37. The lowest BCUT2D eigenvalue weighted by molar-refractivity contribution is 0.285. The van der Waals surface area contributed by atoms with Crippen LogP contribution >= 0.6 is 24.4 Å². The van der Waals surface area contributed by atoms with Gasteiger partial charge in [0.05, 0.1) is 14.7 Å². The van der Waals surface area contributed by atoms with E-state index >= 15 is 0 Å². The van der Waals surface area contributed by atoms with Crippen LogP contribution in [-0.4, -0.2) is 31.1 Å². The fraction of sp³-hybridized carbons (Fsp3) is 0.692. The van der Waals surface area contributed by atoms with Gasteiger partial charge >= 0.3 is 0 Å². The van der Waals surface area contributed by atoms with Gasteiger partial charge in [0.1, 0.15) is 0 Å². The van der Waals surface area contributed by atoms with Crippen LogP contribution in [0.4, 0.5) is 5.69 Å². The van der Waals surface area contributed by atoms with E-state index in [2.05, 4.69) is 24.1 Å². The van der Waals surface area contributed by atoms with E-state index in [1.54, 1.807) is 0 Å².